The molecule has 0 saturated carbocycles. The molecule has 0 spiro atoms. The van der Waals surface area contributed by atoms with Crippen molar-refractivity contribution in [3.8, 4) is 11.3 Å². The number of rotatable bonds is 5. The van der Waals surface area contributed by atoms with Crippen molar-refractivity contribution in [2.75, 3.05) is 5.32 Å². The number of aryl methyl sites for hydroxylation is 1. The second-order valence-electron chi connectivity index (χ2n) is 5.41. The van der Waals surface area contributed by atoms with Gasteiger partial charge in [0.2, 0.25) is 5.91 Å². The Bertz CT molecular complexity index is 962. The highest BCUT2D eigenvalue weighted by Gasteiger charge is 2.13. The maximum atomic E-state index is 13.8. The Balaban J connectivity index is 1.61. The highest BCUT2D eigenvalue weighted by atomic mass is 79.9. The molecule has 8 heteroatoms. The Labute approximate surface area is 161 Å². The van der Waals surface area contributed by atoms with E-state index in [0.717, 1.165) is 16.6 Å². The van der Waals surface area contributed by atoms with Crippen LogP contribution in [-0.4, -0.2) is 10.9 Å². The first-order chi connectivity index (χ1) is 12.4. The average molecular weight is 442 g/mol. The Kier molecular flexibility index (Phi) is 5.68. The third kappa shape index (κ3) is 4.47. The normalized spacial score (nSPS) is 10.8. The van der Waals surface area contributed by atoms with E-state index < -0.39 is 11.6 Å². The molecule has 0 fully saturated rings. The van der Waals surface area contributed by atoms with Gasteiger partial charge in [0.15, 0.2) is 11.7 Å². The van der Waals surface area contributed by atoms with Crippen LogP contribution >= 0.6 is 27.5 Å². The van der Waals surface area contributed by atoms with Crippen LogP contribution < -0.4 is 5.32 Å². The van der Waals surface area contributed by atoms with Gasteiger partial charge in [-0.2, -0.15) is 0 Å². The standard InChI is InChI=1S/C18H12BrClF2N2O2/c19-10-1-4-15(13(20)7-10)24-17(25)5-6-18-23-9-16(26-18)12-3-2-11(21)8-14(12)22/h1-4,7-9H,5-6H2,(H,24,25). The molecule has 1 aromatic heterocycles. The average Bonchev–Trinajstić information content (AvgIpc) is 3.04. The zero-order valence-electron chi connectivity index (χ0n) is 13.2. The van der Waals surface area contributed by atoms with Gasteiger partial charge in [0.05, 0.1) is 22.5 Å². The number of carbonyl (C=O) groups excluding carboxylic acids is 1. The Morgan fingerprint density at radius 3 is 2.77 bits per heavy atom. The number of nitrogens with one attached hydrogen (secondary N) is 1. The van der Waals surface area contributed by atoms with Gasteiger partial charge in [-0.3, -0.25) is 4.79 Å². The van der Waals surface area contributed by atoms with Crippen molar-refractivity contribution in [3.05, 3.63) is 69.6 Å². The fraction of sp³-hybridized carbons (Fsp3) is 0.111. The van der Waals surface area contributed by atoms with Crippen LogP contribution in [0.1, 0.15) is 12.3 Å². The van der Waals surface area contributed by atoms with E-state index in [9.17, 15) is 13.6 Å². The van der Waals surface area contributed by atoms with Crippen LogP contribution in [0.3, 0.4) is 0 Å². The molecule has 1 amide bonds. The Hall–Kier alpha value is -2.25. The predicted molar refractivity (Wildman–Crippen MR) is 98.0 cm³/mol. The summed E-state index contributed by atoms with van der Waals surface area (Å²) >= 11 is 9.34. The Morgan fingerprint density at radius 2 is 2.04 bits per heavy atom. The van der Waals surface area contributed by atoms with Crippen molar-refractivity contribution in [2.45, 2.75) is 12.8 Å². The monoisotopic (exact) mass is 440 g/mol. The second-order valence-corrected chi connectivity index (χ2v) is 6.74. The lowest BCUT2D eigenvalue weighted by Crippen LogP contribution is -2.12. The number of amides is 1. The summed E-state index contributed by atoms with van der Waals surface area (Å²) in [5, 5.41) is 3.11. The van der Waals surface area contributed by atoms with Crippen molar-refractivity contribution >= 4 is 39.1 Å². The summed E-state index contributed by atoms with van der Waals surface area (Å²) in [6.45, 7) is 0. The van der Waals surface area contributed by atoms with Crippen molar-refractivity contribution in [1.29, 1.82) is 0 Å². The molecule has 0 radical (unpaired) electrons. The highest BCUT2D eigenvalue weighted by molar-refractivity contribution is 9.10. The maximum absolute atomic E-state index is 13.8. The van der Waals surface area contributed by atoms with Gasteiger partial charge in [0, 0.05) is 23.4 Å². The first-order valence-corrected chi connectivity index (χ1v) is 8.74. The van der Waals surface area contributed by atoms with Gasteiger partial charge in [0.25, 0.3) is 0 Å². The topological polar surface area (TPSA) is 55.1 Å². The molecule has 0 saturated heterocycles. The van der Waals surface area contributed by atoms with E-state index in [4.69, 9.17) is 16.0 Å². The largest absolute Gasteiger partial charge is 0.441 e. The van der Waals surface area contributed by atoms with Crippen molar-refractivity contribution < 1.29 is 18.0 Å². The van der Waals surface area contributed by atoms with Gasteiger partial charge >= 0.3 is 0 Å². The molecule has 26 heavy (non-hydrogen) atoms. The van der Waals surface area contributed by atoms with Gasteiger partial charge in [-0.15, -0.1) is 0 Å². The third-order valence-electron chi connectivity index (χ3n) is 3.52. The second kappa shape index (κ2) is 7.97. The van der Waals surface area contributed by atoms with Crippen LogP contribution in [0.4, 0.5) is 14.5 Å². The number of halogens is 4. The summed E-state index contributed by atoms with van der Waals surface area (Å²) in [4.78, 5) is 16.1. The van der Waals surface area contributed by atoms with E-state index >= 15 is 0 Å². The molecule has 0 unspecified atom stereocenters. The van der Waals surface area contributed by atoms with E-state index in [-0.39, 0.29) is 36.0 Å². The molecule has 0 aliphatic rings. The molecular formula is C18H12BrClF2N2O2. The molecule has 134 valence electrons. The Morgan fingerprint density at radius 1 is 1.23 bits per heavy atom. The number of oxazole rings is 1. The first-order valence-electron chi connectivity index (χ1n) is 7.57. The summed E-state index contributed by atoms with van der Waals surface area (Å²) < 4.78 is 33.0. The van der Waals surface area contributed by atoms with Gasteiger partial charge < -0.3 is 9.73 Å². The highest BCUT2D eigenvalue weighted by Crippen LogP contribution is 2.26. The molecule has 0 aliphatic heterocycles. The van der Waals surface area contributed by atoms with Crippen molar-refractivity contribution in [3.63, 3.8) is 0 Å². The van der Waals surface area contributed by atoms with Crippen LogP contribution in [-0.2, 0) is 11.2 Å². The van der Waals surface area contributed by atoms with E-state index in [2.05, 4.69) is 26.2 Å². The van der Waals surface area contributed by atoms with Gasteiger partial charge in [0.1, 0.15) is 11.6 Å². The van der Waals surface area contributed by atoms with E-state index in [1.807, 2.05) is 0 Å². The van der Waals surface area contributed by atoms with Gasteiger partial charge in [-0.05, 0) is 30.3 Å². The number of hydrogen-bond acceptors (Lipinski definition) is 3. The van der Waals surface area contributed by atoms with Crippen molar-refractivity contribution in [1.82, 2.24) is 4.98 Å². The van der Waals surface area contributed by atoms with Crippen LogP contribution in [0.5, 0.6) is 0 Å². The molecule has 3 rings (SSSR count). The van der Waals surface area contributed by atoms with E-state index in [1.54, 1.807) is 18.2 Å². The molecule has 2 aromatic carbocycles. The fourth-order valence-corrected chi connectivity index (χ4v) is 2.98. The molecule has 4 nitrogen and oxygen atoms in total. The number of hydrogen-bond donors (Lipinski definition) is 1. The summed E-state index contributed by atoms with van der Waals surface area (Å²) in [7, 11) is 0. The zero-order chi connectivity index (χ0) is 18.7. The lowest BCUT2D eigenvalue weighted by Gasteiger charge is -2.06. The fourth-order valence-electron chi connectivity index (χ4n) is 2.26. The maximum Gasteiger partial charge on any atom is 0.224 e. The minimum atomic E-state index is -0.740. The number of aromatic nitrogens is 1. The lowest BCUT2D eigenvalue weighted by atomic mass is 10.2. The summed E-state index contributed by atoms with van der Waals surface area (Å²) in [5.41, 5.74) is 0.609. The number of benzene rings is 2. The summed E-state index contributed by atoms with van der Waals surface area (Å²) in [6.07, 6.45) is 1.68. The molecule has 0 bridgehead atoms. The quantitative estimate of drug-likeness (QED) is 0.560. The first kappa shape index (κ1) is 18.5. The third-order valence-corrected chi connectivity index (χ3v) is 4.33. The van der Waals surface area contributed by atoms with E-state index in [0.29, 0.717) is 10.7 Å². The smallest absolute Gasteiger partial charge is 0.224 e. The molecule has 1 heterocycles. The SMILES string of the molecule is O=C(CCc1ncc(-c2ccc(F)cc2F)o1)Nc1ccc(Br)cc1Cl. The zero-order valence-corrected chi connectivity index (χ0v) is 15.6. The van der Waals surface area contributed by atoms with E-state index in [1.165, 1.54) is 12.3 Å². The van der Waals surface area contributed by atoms with Crippen LogP contribution in [0.25, 0.3) is 11.3 Å². The van der Waals surface area contributed by atoms with Gasteiger partial charge in [-0.25, -0.2) is 13.8 Å². The minimum absolute atomic E-state index is 0.108. The summed E-state index contributed by atoms with van der Waals surface area (Å²) in [5.74, 6) is -1.22. The van der Waals surface area contributed by atoms with Crippen LogP contribution in [0.2, 0.25) is 5.02 Å². The lowest BCUT2D eigenvalue weighted by molar-refractivity contribution is -0.116. The molecule has 1 N–H and O–H groups in total. The summed E-state index contributed by atoms with van der Waals surface area (Å²) in [6, 6.07) is 8.30. The molecule has 0 aliphatic carbocycles. The number of anilines is 1. The predicted octanol–water partition coefficient (Wildman–Crippen LogP) is 5.61. The number of nitrogens with zero attached hydrogens (tertiary/aromatic N) is 1. The number of carbonyl (C=O) groups is 1. The molecule has 3 aromatic rings. The van der Waals surface area contributed by atoms with Crippen LogP contribution in [0.15, 0.2) is 51.5 Å². The molecular weight excluding hydrogens is 430 g/mol. The molecule has 0 atom stereocenters. The van der Waals surface area contributed by atoms with Crippen LogP contribution in [0, 0.1) is 11.6 Å². The van der Waals surface area contributed by atoms with Gasteiger partial charge in [-0.1, -0.05) is 27.5 Å². The minimum Gasteiger partial charge on any atom is -0.441 e. The van der Waals surface area contributed by atoms with Crippen molar-refractivity contribution in [2.24, 2.45) is 0 Å².